The number of methoxy groups -OCH3 is 1. The van der Waals surface area contributed by atoms with Crippen LogP contribution in [-0.2, 0) is 22.4 Å². The molecular formula is C20H21NO2. The number of hydrogen-bond acceptors (Lipinski definition) is 3. The number of ether oxygens (including phenoxy) is 1. The highest BCUT2D eigenvalue weighted by Crippen LogP contribution is 2.50. The molecule has 1 heterocycles. The zero-order chi connectivity index (χ0) is 15.9. The fourth-order valence-corrected chi connectivity index (χ4v) is 4.41. The molecule has 4 rings (SSSR count). The molecule has 118 valence electrons. The molecule has 2 aromatic carbocycles. The second-order valence-electron chi connectivity index (χ2n) is 6.67. The van der Waals surface area contributed by atoms with Crippen LogP contribution in [0.25, 0.3) is 0 Å². The highest BCUT2D eigenvalue weighted by molar-refractivity contribution is 5.79. The summed E-state index contributed by atoms with van der Waals surface area (Å²) >= 11 is 0. The van der Waals surface area contributed by atoms with E-state index in [2.05, 4.69) is 53.8 Å². The summed E-state index contributed by atoms with van der Waals surface area (Å²) in [5.41, 5.74) is 3.44. The zero-order valence-corrected chi connectivity index (χ0v) is 13.3. The number of benzene rings is 2. The molecule has 1 aliphatic carbocycles. The van der Waals surface area contributed by atoms with E-state index in [-0.39, 0.29) is 17.9 Å². The summed E-state index contributed by atoms with van der Waals surface area (Å²) < 4.78 is 5.21. The lowest BCUT2D eigenvalue weighted by Gasteiger charge is -2.39. The predicted octanol–water partition coefficient (Wildman–Crippen LogP) is 2.91. The summed E-state index contributed by atoms with van der Waals surface area (Å²) in [5.74, 6) is 0.148. The average Bonchev–Trinajstić information content (AvgIpc) is 2.99. The first-order chi connectivity index (χ1) is 11.2. The van der Waals surface area contributed by atoms with Gasteiger partial charge in [-0.3, -0.25) is 4.79 Å². The molecule has 2 aromatic rings. The fourth-order valence-electron chi connectivity index (χ4n) is 4.41. The standard InChI is InChI=1S/C20H21NO2/c1-23-19(22)20-12-16-10-6-5-9-15(16)11-17(20)18(21-13-20)14-7-3-2-4-8-14/h2-10,17-18,21H,11-13H2,1H3. The van der Waals surface area contributed by atoms with Gasteiger partial charge in [-0.05, 0) is 29.5 Å². The molecule has 1 fully saturated rings. The third kappa shape index (κ3) is 2.19. The van der Waals surface area contributed by atoms with Crippen molar-refractivity contribution in [1.29, 1.82) is 0 Å². The molecule has 3 heteroatoms. The third-order valence-corrected chi connectivity index (χ3v) is 5.56. The smallest absolute Gasteiger partial charge is 0.313 e. The van der Waals surface area contributed by atoms with E-state index in [4.69, 9.17) is 4.74 Å². The largest absolute Gasteiger partial charge is 0.469 e. The summed E-state index contributed by atoms with van der Waals surface area (Å²) in [6, 6.07) is 19.1. The average molecular weight is 307 g/mol. The number of hydrogen-bond donors (Lipinski definition) is 1. The zero-order valence-electron chi connectivity index (χ0n) is 13.3. The summed E-state index contributed by atoms with van der Waals surface area (Å²) in [6.45, 7) is 0.679. The Morgan fingerprint density at radius 1 is 1.09 bits per heavy atom. The molecule has 23 heavy (non-hydrogen) atoms. The van der Waals surface area contributed by atoms with Crippen LogP contribution in [0.2, 0.25) is 0 Å². The quantitative estimate of drug-likeness (QED) is 0.867. The highest BCUT2D eigenvalue weighted by atomic mass is 16.5. The van der Waals surface area contributed by atoms with Crippen molar-refractivity contribution >= 4 is 5.97 Å². The summed E-state index contributed by atoms with van der Waals surface area (Å²) in [4.78, 5) is 12.7. The molecule has 3 nitrogen and oxygen atoms in total. The van der Waals surface area contributed by atoms with Crippen LogP contribution in [0.4, 0.5) is 0 Å². The Morgan fingerprint density at radius 3 is 2.52 bits per heavy atom. The Kier molecular flexibility index (Phi) is 3.46. The Labute approximate surface area is 136 Å². The van der Waals surface area contributed by atoms with Crippen molar-refractivity contribution in [2.24, 2.45) is 11.3 Å². The monoisotopic (exact) mass is 307 g/mol. The molecule has 3 atom stereocenters. The van der Waals surface area contributed by atoms with Crippen LogP contribution in [0.15, 0.2) is 54.6 Å². The van der Waals surface area contributed by atoms with Crippen LogP contribution >= 0.6 is 0 Å². The van der Waals surface area contributed by atoms with Gasteiger partial charge in [0.1, 0.15) is 0 Å². The van der Waals surface area contributed by atoms with Gasteiger partial charge in [0.25, 0.3) is 0 Å². The lowest BCUT2D eigenvalue weighted by Crippen LogP contribution is -2.45. The number of rotatable bonds is 2. The van der Waals surface area contributed by atoms with E-state index in [1.54, 1.807) is 0 Å². The number of fused-ring (bicyclic) bond motifs is 2. The second-order valence-corrected chi connectivity index (χ2v) is 6.67. The van der Waals surface area contributed by atoms with Gasteiger partial charge in [-0.2, -0.15) is 0 Å². The van der Waals surface area contributed by atoms with Gasteiger partial charge in [-0.1, -0.05) is 54.6 Å². The number of esters is 1. The lowest BCUT2D eigenvalue weighted by atomic mass is 9.63. The molecule has 0 spiro atoms. The predicted molar refractivity (Wildman–Crippen MR) is 89.0 cm³/mol. The van der Waals surface area contributed by atoms with Crippen molar-refractivity contribution in [3.05, 3.63) is 71.3 Å². The summed E-state index contributed by atoms with van der Waals surface area (Å²) in [6.07, 6.45) is 1.68. The second kappa shape index (κ2) is 5.50. The van der Waals surface area contributed by atoms with Crippen LogP contribution in [0.1, 0.15) is 22.7 Å². The molecule has 0 amide bonds. The minimum absolute atomic E-state index is 0.0806. The summed E-state index contributed by atoms with van der Waals surface area (Å²) in [7, 11) is 1.50. The van der Waals surface area contributed by atoms with Gasteiger partial charge in [0.15, 0.2) is 0 Å². The van der Waals surface area contributed by atoms with Gasteiger partial charge in [0, 0.05) is 18.5 Å². The van der Waals surface area contributed by atoms with E-state index < -0.39 is 5.41 Å². The maximum Gasteiger partial charge on any atom is 0.313 e. The van der Waals surface area contributed by atoms with Crippen molar-refractivity contribution in [2.45, 2.75) is 18.9 Å². The highest BCUT2D eigenvalue weighted by Gasteiger charge is 2.56. The van der Waals surface area contributed by atoms with Gasteiger partial charge in [-0.25, -0.2) is 0 Å². The maximum atomic E-state index is 12.7. The Hall–Kier alpha value is -2.13. The molecule has 0 aromatic heterocycles. The molecule has 0 bridgehead atoms. The Morgan fingerprint density at radius 2 is 1.78 bits per heavy atom. The number of carbonyl (C=O) groups is 1. The van der Waals surface area contributed by atoms with Gasteiger partial charge in [0.2, 0.25) is 0 Å². The first-order valence-electron chi connectivity index (χ1n) is 8.18. The molecule has 2 aliphatic rings. The first kappa shape index (κ1) is 14.5. The van der Waals surface area contributed by atoms with Crippen LogP contribution in [0.5, 0.6) is 0 Å². The van der Waals surface area contributed by atoms with Gasteiger partial charge >= 0.3 is 5.97 Å². The van der Waals surface area contributed by atoms with E-state index in [0.29, 0.717) is 6.54 Å². The molecule has 3 unspecified atom stereocenters. The van der Waals surface area contributed by atoms with Crippen molar-refractivity contribution in [3.8, 4) is 0 Å². The maximum absolute atomic E-state index is 12.7. The SMILES string of the molecule is COC(=O)C12CNC(c3ccccc3)C1Cc1ccccc1C2. The van der Waals surface area contributed by atoms with Crippen LogP contribution in [0, 0.1) is 11.3 Å². The Balaban J connectivity index is 1.79. The minimum Gasteiger partial charge on any atom is -0.469 e. The molecule has 0 radical (unpaired) electrons. The molecule has 0 saturated carbocycles. The Bertz CT molecular complexity index is 727. The van der Waals surface area contributed by atoms with Crippen LogP contribution in [0.3, 0.4) is 0 Å². The topological polar surface area (TPSA) is 38.3 Å². The van der Waals surface area contributed by atoms with Crippen LogP contribution in [-0.4, -0.2) is 19.6 Å². The van der Waals surface area contributed by atoms with Crippen LogP contribution < -0.4 is 5.32 Å². The number of nitrogens with one attached hydrogen (secondary N) is 1. The third-order valence-electron chi connectivity index (χ3n) is 5.56. The van der Waals surface area contributed by atoms with E-state index in [9.17, 15) is 4.79 Å². The van der Waals surface area contributed by atoms with Gasteiger partial charge in [-0.15, -0.1) is 0 Å². The molecule has 1 N–H and O–H groups in total. The van der Waals surface area contributed by atoms with Gasteiger partial charge < -0.3 is 10.1 Å². The molecule has 1 aliphatic heterocycles. The van der Waals surface area contributed by atoms with Crippen molar-refractivity contribution in [1.82, 2.24) is 5.32 Å². The van der Waals surface area contributed by atoms with E-state index in [0.717, 1.165) is 12.8 Å². The minimum atomic E-state index is -0.455. The molecular weight excluding hydrogens is 286 g/mol. The van der Waals surface area contributed by atoms with Crippen molar-refractivity contribution < 1.29 is 9.53 Å². The number of carbonyl (C=O) groups excluding carboxylic acids is 1. The van der Waals surface area contributed by atoms with Gasteiger partial charge in [0.05, 0.1) is 12.5 Å². The van der Waals surface area contributed by atoms with E-state index in [1.165, 1.54) is 23.8 Å². The first-order valence-corrected chi connectivity index (χ1v) is 8.18. The summed E-state index contributed by atoms with van der Waals surface area (Å²) in [5, 5.41) is 3.60. The van der Waals surface area contributed by atoms with Crippen molar-refractivity contribution in [3.63, 3.8) is 0 Å². The van der Waals surface area contributed by atoms with E-state index >= 15 is 0 Å². The molecule has 1 saturated heterocycles. The van der Waals surface area contributed by atoms with Crippen molar-refractivity contribution in [2.75, 3.05) is 13.7 Å². The van der Waals surface area contributed by atoms with E-state index in [1.807, 2.05) is 6.07 Å². The normalized spacial score (nSPS) is 28.7. The lowest BCUT2D eigenvalue weighted by molar-refractivity contribution is -0.154. The fraction of sp³-hybridized carbons (Fsp3) is 0.350.